The number of carbonyl (C=O) groups excluding carboxylic acids is 3. The number of ether oxygens (including phenoxy) is 4. The van der Waals surface area contributed by atoms with Crippen molar-refractivity contribution in [3.8, 4) is 17.2 Å². The van der Waals surface area contributed by atoms with E-state index in [1.807, 2.05) is 26.0 Å². The molecule has 30 heavy (non-hydrogen) atoms. The molecule has 0 atom stereocenters. The summed E-state index contributed by atoms with van der Waals surface area (Å²) >= 11 is 0. The summed E-state index contributed by atoms with van der Waals surface area (Å²) in [5.74, 6) is -0.783. The zero-order chi connectivity index (χ0) is 21.7. The van der Waals surface area contributed by atoms with Crippen LogP contribution >= 0.6 is 0 Å². The molecule has 0 unspecified atom stereocenters. The van der Waals surface area contributed by atoms with E-state index in [1.54, 1.807) is 24.3 Å². The smallest absolute Gasteiger partial charge is 0.344 e. The molecule has 0 saturated carbocycles. The van der Waals surface area contributed by atoms with Crippen LogP contribution in [0.25, 0.3) is 0 Å². The lowest BCUT2D eigenvalue weighted by Crippen LogP contribution is -2.34. The van der Waals surface area contributed by atoms with Gasteiger partial charge < -0.3 is 18.9 Å². The third-order valence-corrected chi connectivity index (χ3v) is 4.37. The molecule has 2 aromatic rings. The number of imide groups is 1. The Morgan fingerprint density at radius 2 is 1.77 bits per heavy atom. The van der Waals surface area contributed by atoms with E-state index in [-0.39, 0.29) is 11.2 Å². The molecule has 0 spiro atoms. The highest BCUT2D eigenvalue weighted by Gasteiger charge is 2.32. The fraction of sp³-hybridized carbons (Fsp3) is 0.318. The van der Waals surface area contributed by atoms with Crippen LogP contribution in [0.5, 0.6) is 17.2 Å². The van der Waals surface area contributed by atoms with E-state index in [9.17, 15) is 14.4 Å². The van der Waals surface area contributed by atoms with Crippen molar-refractivity contribution in [1.82, 2.24) is 5.32 Å². The van der Waals surface area contributed by atoms with E-state index < -0.39 is 31.0 Å². The van der Waals surface area contributed by atoms with Gasteiger partial charge in [-0.1, -0.05) is 24.3 Å². The van der Waals surface area contributed by atoms with Crippen molar-refractivity contribution in [2.75, 3.05) is 20.3 Å². The Hall–Kier alpha value is -3.55. The number of carbonyl (C=O) groups is 3. The highest BCUT2D eigenvalue weighted by atomic mass is 16.6. The number of esters is 1. The number of para-hydroxylation sites is 2. The van der Waals surface area contributed by atoms with E-state index in [0.717, 1.165) is 12.0 Å². The predicted molar refractivity (Wildman–Crippen MR) is 107 cm³/mol. The van der Waals surface area contributed by atoms with Crippen molar-refractivity contribution >= 4 is 17.8 Å². The maximum Gasteiger partial charge on any atom is 0.344 e. The predicted octanol–water partition coefficient (Wildman–Crippen LogP) is 2.29. The molecule has 1 aliphatic heterocycles. The summed E-state index contributed by atoms with van der Waals surface area (Å²) in [6.07, 6.45) is 0.740. The molecule has 3 rings (SSSR count). The number of methoxy groups -OCH3 is 1. The van der Waals surface area contributed by atoms with Gasteiger partial charge >= 0.3 is 5.97 Å². The zero-order valence-electron chi connectivity index (χ0n) is 17.0. The minimum atomic E-state index is -0.759. The highest BCUT2D eigenvalue weighted by molar-refractivity contribution is 6.06. The van der Waals surface area contributed by atoms with Gasteiger partial charge in [-0.3, -0.25) is 14.9 Å². The van der Waals surface area contributed by atoms with Gasteiger partial charge in [-0.25, -0.2) is 4.79 Å². The fourth-order valence-electron chi connectivity index (χ4n) is 3.09. The summed E-state index contributed by atoms with van der Waals surface area (Å²) in [5.41, 5.74) is 0.859. The summed E-state index contributed by atoms with van der Waals surface area (Å²) in [5, 5.41) is 2.15. The molecule has 1 aliphatic rings. The van der Waals surface area contributed by atoms with Crippen LogP contribution in [-0.2, 0) is 20.7 Å². The monoisotopic (exact) mass is 413 g/mol. The average Bonchev–Trinajstić information content (AvgIpc) is 3.04. The summed E-state index contributed by atoms with van der Waals surface area (Å²) in [6, 6.07) is 11.9. The van der Waals surface area contributed by atoms with E-state index >= 15 is 0 Å². The van der Waals surface area contributed by atoms with Gasteiger partial charge in [0.1, 0.15) is 11.4 Å². The first-order chi connectivity index (χ1) is 14.3. The molecule has 2 amide bonds. The number of nitrogens with one attached hydrogen (secondary N) is 1. The zero-order valence-corrected chi connectivity index (χ0v) is 17.0. The summed E-state index contributed by atoms with van der Waals surface area (Å²) in [4.78, 5) is 36.0. The van der Waals surface area contributed by atoms with Crippen LogP contribution in [0, 0.1) is 0 Å². The Morgan fingerprint density at radius 3 is 2.53 bits per heavy atom. The van der Waals surface area contributed by atoms with E-state index in [0.29, 0.717) is 17.2 Å². The van der Waals surface area contributed by atoms with Crippen molar-refractivity contribution in [2.24, 2.45) is 0 Å². The highest BCUT2D eigenvalue weighted by Crippen LogP contribution is 2.41. The van der Waals surface area contributed by atoms with Gasteiger partial charge in [-0.15, -0.1) is 0 Å². The Morgan fingerprint density at radius 1 is 1.03 bits per heavy atom. The van der Waals surface area contributed by atoms with Crippen LogP contribution in [0.4, 0.5) is 0 Å². The summed E-state index contributed by atoms with van der Waals surface area (Å²) in [6.45, 7) is 2.93. The van der Waals surface area contributed by atoms with Crippen molar-refractivity contribution in [2.45, 2.75) is 25.9 Å². The molecule has 8 nitrogen and oxygen atoms in total. The number of hydrogen-bond acceptors (Lipinski definition) is 7. The maximum atomic E-state index is 12.2. The second kappa shape index (κ2) is 8.86. The lowest BCUT2D eigenvalue weighted by Gasteiger charge is -2.18. The molecular weight excluding hydrogens is 390 g/mol. The molecule has 0 radical (unpaired) electrons. The molecule has 0 bridgehead atoms. The molecule has 0 saturated heterocycles. The van der Waals surface area contributed by atoms with Crippen molar-refractivity contribution in [1.29, 1.82) is 0 Å². The van der Waals surface area contributed by atoms with Crippen LogP contribution < -0.4 is 19.5 Å². The van der Waals surface area contributed by atoms with Crippen molar-refractivity contribution in [3.63, 3.8) is 0 Å². The third kappa shape index (κ3) is 5.08. The van der Waals surface area contributed by atoms with E-state index in [2.05, 4.69) is 5.32 Å². The van der Waals surface area contributed by atoms with Gasteiger partial charge in [0, 0.05) is 12.0 Å². The van der Waals surface area contributed by atoms with Crippen molar-refractivity contribution in [3.05, 3.63) is 53.6 Å². The first kappa shape index (κ1) is 21.2. The quantitative estimate of drug-likeness (QED) is 0.695. The van der Waals surface area contributed by atoms with Gasteiger partial charge in [0.25, 0.3) is 11.8 Å². The van der Waals surface area contributed by atoms with Crippen molar-refractivity contribution < 1.29 is 33.3 Å². The molecule has 2 aromatic carbocycles. The summed E-state index contributed by atoms with van der Waals surface area (Å²) < 4.78 is 21.3. The third-order valence-electron chi connectivity index (χ3n) is 4.37. The first-order valence-electron chi connectivity index (χ1n) is 9.35. The number of rotatable bonds is 7. The molecule has 0 aromatic heterocycles. The van der Waals surface area contributed by atoms with Gasteiger partial charge in [-0.05, 0) is 32.0 Å². The Labute approximate surface area is 174 Å². The van der Waals surface area contributed by atoms with Gasteiger partial charge in [-0.2, -0.15) is 0 Å². The molecular formula is C22H23NO7. The minimum absolute atomic E-state index is 0.198. The van der Waals surface area contributed by atoms with Gasteiger partial charge in [0.05, 0.1) is 12.7 Å². The molecule has 8 heteroatoms. The second-order valence-electron chi connectivity index (χ2n) is 7.31. The standard InChI is InChI=1S/C22H23NO7/c1-22(2)11-14-7-6-10-17(20(14)30-22)28-13-19(25)29-12-18(24)23-21(26)15-8-4-5-9-16(15)27-3/h4-10H,11-13H2,1-3H3,(H,23,24,26). The normalized spacial score (nSPS) is 13.6. The van der Waals surface area contributed by atoms with Crippen LogP contribution in [-0.4, -0.2) is 43.7 Å². The first-order valence-corrected chi connectivity index (χ1v) is 9.35. The van der Waals surface area contributed by atoms with Crippen LogP contribution in [0.1, 0.15) is 29.8 Å². The number of amides is 2. The largest absolute Gasteiger partial charge is 0.496 e. The average molecular weight is 413 g/mol. The number of fused-ring (bicyclic) bond motifs is 1. The molecule has 0 fully saturated rings. The SMILES string of the molecule is COc1ccccc1C(=O)NC(=O)COC(=O)COc1cccc2c1OC(C)(C)C2. The molecule has 0 aliphatic carbocycles. The van der Waals surface area contributed by atoms with Crippen LogP contribution in [0.2, 0.25) is 0 Å². The number of benzene rings is 2. The van der Waals surface area contributed by atoms with Gasteiger partial charge in [0.2, 0.25) is 0 Å². The Balaban J connectivity index is 1.47. The van der Waals surface area contributed by atoms with Crippen LogP contribution in [0.15, 0.2) is 42.5 Å². The minimum Gasteiger partial charge on any atom is -0.496 e. The fourth-order valence-corrected chi connectivity index (χ4v) is 3.09. The van der Waals surface area contributed by atoms with E-state index in [4.69, 9.17) is 18.9 Å². The van der Waals surface area contributed by atoms with Gasteiger partial charge in [0.15, 0.2) is 24.7 Å². The topological polar surface area (TPSA) is 100 Å². The Kier molecular flexibility index (Phi) is 6.25. The Bertz CT molecular complexity index is 968. The summed E-state index contributed by atoms with van der Waals surface area (Å²) in [7, 11) is 1.42. The van der Waals surface area contributed by atoms with E-state index in [1.165, 1.54) is 13.2 Å². The lowest BCUT2D eigenvalue weighted by molar-refractivity contribution is -0.150. The van der Waals surface area contributed by atoms with Crippen LogP contribution in [0.3, 0.4) is 0 Å². The molecule has 1 heterocycles. The lowest BCUT2D eigenvalue weighted by atomic mass is 10.0. The number of hydrogen-bond donors (Lipinski definition) is 1. The molecule has 1 N–H and O–H groups in total. The second-order valence-corrected chi connectivity index (χ2v) is 7.31. The molecule has 158 valence electrons. The maximum absolute atomic E-state index is 12.2.